The van der Waals surface area contributed by atoms with Crippen LogP contribution in [0, 0.1) is 0 Å². The summed E-state index contributed by atoms with van der Waals surface area (Å²) in [6, 6.07) is 35.6. The molecule has 1 aliphatic rings. The van der Waals surface area contributed by atoms with Crippen molar-refractivity contribution in [2.45, 2.75) is 6.04 Å². The number of halogens is 1. The molecule has 0 saturated carbocycles. The lowest BCUT2D eigenvalue weighted by atomic mass is 9.96. The molecule has 0 atom stereocenters. The van der Waals surface area contributed by atoms with Crippen LogP contribution in [0.5, 0.6) is 0 Å². The molecular formula is C32H28ClN5. The normalized spacial score (nSPS) is 14.1. The molecule has 5 nitrogen and oxygen atoms in total. The minimum Gasteiger partial charge on any atom is -0.354 e. The lowest BCUT2D eigenvalue weighted by Crippen LogP contribution is -2.48. The lowest BCUT2D eigenvalue weighted by molar-refractivity contribution is 0.212. The van der Waals surface area contributed by atoms with Crippen molar-refractivity contribution in [1.82, 2.24) is 19.9 Å². The van der Waals surface area contributed by atoms with Crippen LogP contribution in [0.2, 0.25) is 5.02 Å². The predicted octanol–water partition coefficient (Wildman–Crippen LogP) is 6.77. The second-order valence-electron chi connectivity index (χ2n) is 9.43. The van der Waals surface area contributed by atoms with Gasteiger partial charge in [-0.05, 0) is 35.4 Å². The van der Waals surface area contributed by atoms with Crippen molar-refractivity contribution in [3.63, 3.8) is 0 Å². The van der Waals surface area contributed by atoms with Gasteiger partial charge in [-0.25, -0.2) is 9.97 Å². The Morgan fingerprint density at radius 1 is 0.658 bits per heavy atom. The quantitative estimate of drug-likeness (QED) is 0.249. The average molecular weight is 518 g/mol. The molecule has 0 bridgehead atoms. The fourth-order valence-corrected chi connectivity index (χ4v) is 5.21. The molecule has 188 valence electrons. The first-order chi connectivity index (χ1) is 18.7. The van der Waals surface area contributed by atoms with Crippen LogP contribution in [0.15, 0.2) is 116 Å². The van der Waals surface area contributed by atoms with Crippen molar-refractivity contribution in [2.24, 2.45) is 0 Å². The van der Waals surface area contributed by atoms with Crippen molar-refractivity contribution >= 4 is 17.4 Å². The Kier molecular flexibility index (Phi) is 7.12. The van der Waals surface area contributed by atoms with Gasteiger partial charge in [-0.3, -0.25) is 9.88 Å². The smallest absolute Gasteiger partial charge is 0.163 e. The van der Waals surface area contributed by atoms with E-state index in [2.05, 4.69) is 81.5 Å². The summed E-state index contributed by atoms with van der Waals surface area (Å²) in [6.07, 6.45) is 3.58. The first-order valence-electron chi connectivity index (χ1n) is 12.9. The number of benzene rings is 3. The standard InChI is InChI=1S/C32H28ClN5/c33-28-15-13-24(14-16-28)29-22-30(36-32(35-29)27-12-7-17-34-23-27)37-18-20-38(21-19-37)31(25-8-3-1-4-9-25)26-10-5-2-6-11-26/h1-17,22-23,31H,18-21H2. The van der Waals surface area contributed by atoms with E-state index in [1.807, 2.05) is 42.6 Å². The van der Waals surface area contributed by atoms with E-state index in [0.717, 1.165) is 48.8 Å². The first-order valence-corrected chi connectivity index (χ1v) is 13.3. The summed E-state index contributed by atoms with van der Waals surface area (Å²) in [5.74, 6) is 1.61. The molecular weight excluding hydrogens is 490 g/mol. The summed E-state index contributed by atoms with van der Waals surface area (Å²) in [7, 11) is 0. The average Bonchev–Trinajstić information content (AvgIpc) is 2.99. The minimum atomic E-state index is 0.223. The zero-order valence-corrected chi connectivity index (χ0v) is 21.7. The Labute approximate surface area is 228 Å². The van der Waals surface area contributed by atoms with E-state index in [4.69, 9.17) is 21.6 Å². The molecule has 0 spiro atoms. The number of anilines is 1. The Bertz CT molecular complexity index is 1430. The highest BCUT2D eigenvalue weighted by Gasteiger charge is 2.27. The summed E-state index contributed by atoms with van der Waals surface area (Å²) in [6.45, 7) is 3.60. The van der Waals surface area contributed by atoms with Crippen LogP contribution < -0.4 is 4.90 Å². The molecule has 6 rings (SSSR count). The predicted molar refractivity (Wildman–Crippen MR) is 154 cm³/mol. The van der Waals surface area contributed by atoms with Gasteiger partial charge in [-0.15, -0.1) is 0 Å². The highest BCUT2D eigenvalue weighted by atomic mass is 35.5. The number of rotatable bonds is 6. The zero-order chi connectivity index (χ0) is 25.7. The molecule has 1 saturated heterocycles. The van der Waals surface area contributed by atoms with Gasteiger partial charge in [0.05, 0.1) is 11.7 Å². The summed E-state index contributed by atoms with van der Waals surface area (Å²) in [4.78, 5) is 19.1. The van der Waals surface area contributed by atoms with Crippen LogP contribution in [0.25, 0.3) is 22.6 Å². The van der Waals surface area contributed by atoms with Gasteiger partial charge in [0.1, 0.15) is 5.82 Å². The van der Waals surface area contributed by atoms with E-state index in [0.29, 0.717) is 10.8 Å². The molecule has 1 aliphatic heterocycles. The van der Waals surface area contributed by atoms with E-state index in [1.165, 1.54) is 11.1 Å². The van der Waals surface area contributed by atoms with E-state index in [1.54, 1.807) is 6.20 Å². The van der Waals surface area contributed by atoms with Gasteiger partial charge in [0.15, 0.2) is 5.82 Å². The largest absolute Gasteiger partial charge is 0.354 e. The van der Waals surface area contributed by atoms with Crippen molar-refractivity contribution in [3.8, 4) is 22.6 Å². The van der Waals surface area contributed by atoms with Crippen LogP contribution in [-0.2, 0) is 0 Å². The number of nitrogens with zero attached hydrogens (tertiary/aromatic N) is 5. The SMILES string of the molecule is Clc1ccc(-c2cc(N3CCN(C(c4ccccc4)c4ccccc4)CC3)nc(-c3cccnc3)n2)cc1. The lowest BCUT2D eigenvalue weighted by Gasteiger charge is -2.40. The molecule has 0 radical (unpaired) electrons. The maximum Gasteiger partial charge on any atom is 0.163 e. The van der Waals surface area contributed by atoms with Gasteiger partial charge in [0.25, 0.3) is 0 Å². The highest BCUT2D eigenvalue weighted by molar-refractivity contribution is 6.30. The highest BCUT2D eigenvalue weighted by Crippen LogP contribution is 2.31. The maximum atomic E-state index is 6.15. The van der Waals surface area contributed by atoms with Crippen molar-refractivity contribution in [3.05, 3.63) is 132 Å². The third-order valence-corrected chi connectivity index (χ3v) is 7.26. The molecule has 0 amide bonds. The third-order valence-electron chi connectivity index (χ3n) is 7.01. The van der Waals surface area contributed by atoms with E-state index in [-0.39, 0.29) is 6.04 Å². The first kappa shape index (κ1) is 24.3. The number of aromatic nitrogens is 3. The van der Waals surface area contributed by atoms with Gasteiger partial charge in [-0.2, -0.15) is 0 Å². The number of hydrogen-bond acceptors (Lipinski definition) is 5. The Hall–Kier alpha value is -4.06. The fourth-order valence-electron chi connectivity index (χ4n) is 5.08. The van der Waals surface area contributed by atoms with Crippen LogP contribution in [0.3, 0.4) is 0 Å². The number of hydrogen-bond donors (Lipinski definition) is 0. The van der Waals surface area contributed by atoms with Crippen LogP contribution in [0.4, 0.5) is 5.82 Å². The van der Waals surface area contributed by atoms with Crippen molar-refractivity contribution in [1.29, 1.82) is 0 Å². The molecule has 0 aliphatic carbocycles. The van der Waals surface area contributed by atoms with Gasteiger partial charge in [-0.1, -0.05) is 84.4 Å². The van der Waals surface area contributed by atoms with Crippen molar-refractivity contribution < 1.29 is 0 Å². The van der Waals surface area contributed by atoms with Crippen LogP contribution in [0.1, 0.15) is 17.2 Å². The van der Waals surface area contributed by atoms with Gasteiger partial charge in [0.2, 0.25) is 0 Å². The van der Waals surface area contributed by atoms with Gasteiger partial charge < -0.3 is 4.90 Å². The Balaban J connectivity index is 1.30. The topological polar surface area (TPSA) is 45.2 Å². The molecule has 6 heteroatoms. The summed E-state index contributed by atoms with van der Waals surface area (Å²) >= 11 is 6.15. The summed E-state index contributed by atoms with van der Waals surface area (Å²) in [5.41, 5.74) is 5.42. The fraction of sp³-hybridized carbons (Fsp3) is 0.156. The second-order valence-corrected chi connectivity index (χ2v) is 9.87. The van der Waals surface area contributed by atoms with Crippen LogP contribution in [-0.4, -0.2) is 46.0 Å². The third kappa shape index (κ3) is 5.30. The van der Waals surface area contributed by atoms with Crippen LogP contribution >= 0.6 is 11.6 Å². The zero-order valence-electron chi connectivity index (χ0n) is 21.0. The number of piperazine rings is 1. The van der Waals surface area contributed by atoms with Gasteiger partial charge in [0, 0.05) is 60.8 Å². The van der Waals surface area contributed by atoms with E-state index in [9.17, 15) is 0 Å². The Morgan fingerprint density at radius 2 is 1.32 bits per heavy atom. The van der Waals surface area contributed by atoms with E-state index < -0.39 is 0 Å². The Morgan fingerprint density at radius 3 is 1.92 bits per heavy atom. The molecule has 0 N–H and O–H groups in total. The molecule has 1 fully saturated rings. The van der Waals surface area contributed by atoms with E-state index >= 15 is 0 Å². The minimum absolute atomic E-state index is 0.223. The molecule has 5 aromatic rings. The molecule has 3 heterocycles. The molecule has 3 aromatic carbocycles. The molecule has 0 unspecified atom stereocenters. The molecule has 38 heavy (non-hydrogen) atoms. The van der Waals surface area contributed by atoms with Gasteiger partial charge >= 0.3 is 0 Å². The summed E-state index contributed by atoms with van der Waals surface area (Å²) in [5, 5.41) is 0.707. The molecule has 2 aromatic heterocycles. The van der Waals surface area contributed by atoms with Crippen molar-refractivity contribution in [2.75, 3.05) is 31.1 Å². The maximum absolute atomic E-state index is 6.15. The monoisotopic (exact) mass is 517 g/mol. The number of pyridine rings is 1. The second kappa shape index (κ2) is 11.1. The summed E-state index contributed by atoms with van der Waals surface area (Å²) < 4.78 is 0.